The summed E-state index contributed by atoms with van der Waals surface area (Å²) in [4.78, 5) is 16.0. The Morgan fingerprint density at radius 1 is 1.17 bits per heavy atom. The van der Waals surface area contributed by atoms with Crippen LogP contribution in [0.2, 0.25) is 0 Å². The summed E-state index contributed by atoms with van der Waals surface area (Å²) in [6.07, 6.45) is 7.57. The average molecular weight is 342 g/mol. The normalized spacial score (nSPS) is 15.2. The van der Waals surface area contributed by atoms with Gasteiger partial charge in [0.25, 0.3) is 5.56 Å². The number of aromatic amines is 1. The maximum Gasteiger partial charge on any atom is 0.259 e. The minimum absolute atomic E-state index is 0.226. The van der Waals surface area contributed by atoms with Gasteiger partial charge in [0, 0.05) is 22.7 Å². The second-order valence-corrected chi connectivity index (χ2v) is 6.80. The molecule has 0 radical (unpaired) electrons. The lowest BCUT2D eigenvalue weighted by molar-refractivity contribution is 0.462. The Hall–Kier alpha value is -2.05. The predicted octanol–water partition coefficient (Wildman–Crippen LogP) is 3.50. The largest absolute Gasteiger partial charge is 0.382 e. The SMILES string of the molecule is N=C(c1ccc(SN)cc1)c1c(NC2CCCCC2)cc[nH]c1=O. The highest BCUT2D eigenvalue weighted by atomic mass is 32.2. The molecule has 1 aromatic heterocycles. The number of pyridine rings is 1. The average Bonchev–Trinajstić information content (AvgIpc) is 2.62. The van der Waals surface area contributed by atoms with E-state index in [2.05, 4.69) is 10.3 Å². The minimum atomic E-state index is -0.238. The fraction of sp³-hybridized carbons (Fsp3) is 0.333. The molecule has 24 heavy (non-hydrogen) atoms. The molecule has 0 bridgehead atoms. The highest BCUT2D eigenvalue weighted by Gasteiger charge is 2.18. The van der Waals surface area contributed by atoms with E-state index in [0.717, 1.165) is 35.4 Å². The van der Waals surface area contributed by atoms with Gasteiger partial charge in [0.2, 0.25) is 0 Å². The Morgan fingerprint density at radius 2 is 1.88 bits per heavy atom. The van der Waals surface area contributed by atoms with Crippen molar-refractivity contribution in [2.75, 3.05) is 5.32 Å². The van der Waals surface area contributed by atoms with Crippen molar-refractivity contribution in [3.63, 3.8) is 0 Å². The summed E-state index contributed by atoms with van der Waals surface area (Å²) in [6, 6.07) is 9.61. The molecule has 5 N–H and O–H groups in total. The monoisotopic (exact) mass is 342 g/mol. The van der Waals surface area contributed by atoms with Gasteiger partial charge in [0.1, 0.15) is 0 Å². The molecule has 2 aromatic rings. The quantitative estimate of drug-likeness (QED) is 0.494. The summed E-state index contributed by atoms with van der Waals surface area (Å²) in [7, 11) is 0. The number of rotatable bonds is 5. The molecule has 1 aromatic carbocycles. The molecule has 0 unspecified atom stereocenters. The van der Waals surface area contributed by atoms with Gasteiger partial charge in [-0.05, 0) is 43.0 Å². The third-order valence-corrected chi connectivity index (χ3v) is 5.00. The molecule has 5 nitrogen and oxygen atoms in total. The number of H-pyrrole nitrogens is 1. The van der Waals surface area contributed by atoms with Gasteiger partial charge in [-0.15, -0.1) is 0 Å². The van der Waals surface area contributed by atoms with Crippen molar-refractivity contribution in [1.29, 1.82) is 5.41 Å². The molecule has 0 aliphatic heterocycles. The second kappa shape index (κ2) is 7.68. The second-order valence-electron chi connectivity index (χ2n) is 6.09. The van der Waals surface area contributed by atoms with Crippen LogP contribution in [0.5, 0.6) is 0 Å². The van der Waals surface area contributed by atoms with Crippen molar-refractivity contribution < 1.29 is 0 Å². The number of benzene rings is 1. The lowest BCUT2D eigenvalue weighted by atomic mass is 9.94. The van der Waals surface area contributed by atoms with Crippen LogP contribution in [0, 0.1) is 5.41 Å². The van der Waals surface area contributed by atoms with E-state index in [0.29, 0.717) is 17.2 Å². The van der Waals surface area contributed by atoms with Crippen molar-refractivity contribution in [2.45, 2.75) is 43.0 Å². The molecule has 1 aliphatic rings. The molecular formula is C18H22N4OS. The Bertz CT molecular complexity index is 763. The first-order valence-electron chi connectivity index (χ1n) is 8.23. The highest BCUT2D eigenvalue weighted by Crippen LogP contribution is 2.24. The van der Waals surface area contributed by atoms with E-state index in [1.807, 2.05) is 30.3 Å². The molecule has 0 amide bonds. The van der Waals surface area contributed by atoms with Crippen LogP contribution < -0.4 is 16.0 Å². The standard InChI is InChI=1S/C18H22N4OS/c19-17(12-6-8-14(24-20)9-7-12)16-15(10-11-21-18(16)23)22-13-4-2-1-3-5-13/h6-11,13,19H,1-5,20H2,(H2,21,22,23). The van der Waals surface area contributed by atoms with E-state index < -0.39 is 0 Å². The van der Waals surface area contributed by atoms with E-state index >= 15 is 0 Å². The van der Waals surface area contributed by atoms with Crippen LogP contribution in [0.3, 0.4) is 0 Å². The molecule has 1 aliphatic carbocycles. The number of nitrogens with one attached hydrogen (secondary N) is 3. The lowest BCUT2D eigenvalue weighted by Gasteiger charge is -2.25. The third-order valence-electron chi connectivity index (χ3n) is 4.45. The smallest absolute Gasteiger partial charge is 0.259 e. The molecule has 126 valence electrons. The van der Waals surface area contributed by atoms with E-state index in [9.17, 15) is 4.79 Å². The summed E-state index contributed by atoms with van der Waals surface area (Å²) in [5, 5.41) is 17.5. The fourth-order valence-corrected chi connectivity index (χ4v) is 3.45. The van der Waals surface area contributed by atoms with E-state index in [4.69, 9.17) is 10.5 Å². The summed E-state index contributed by atoms with van der Waals surface area (Å²) in [5.41, 5.74) is 1.84. The van der Waals surface area contributed by atoms with Crippen LogP contribution in [0.4, 0.5) is 5.69 Å². The van der Waals surface area contributed by atoms with Crippen LogP contribution in [0.15, 0.2) is 46.2 Å². The molecule has 1 heterocycles. The first kappa shape index (κ1) is 16.8. The molecule has 0 saturated heterocycles. The van der Waals surface area contributed by atoms with Crippen LogP contribution in [-0.4, -0.2) is 16.7 Å². The summed E-state index contributed by atoms with van der Waals surface area (Å²) in [6.45, 7) is 0. The zero-order chi connectivity index (χ0) is 16.9. The van der Waals surface area contributed by atoms with Gasteiger partial charge in [-0.1, -0.05) is 31.4 Å². The Kier molecular flexibility index (Phi) is 5.37. The number of hydrogen-bond acceptors (Lipinski definition) is 5. The first-order chi connectivity index (χ1) is 11.7. The summed E-state index contributed by atoms with van der Waals surface area (Å²) in [5.74, 6) is 0. The molecular weight excluding hydrogens is 320 g/mol. The van der Waals surface area contributed by atoms with E-state index in [1.165, 1.54) is 19.3 Å². The first-order valence-corrected chi connectivity index (χ1v) is 9.11. The van der Waals surface area contributed by atoms with Crippen molar-refractivity contribution in [3.05, 3.63) is 58.0 Å². The van der Waals surface area contributed by atoms with Crippen LogP contribution in [0.25, 0.3) is 0 Å². The van der Waals surface area contributed by atoms with Gasteiger partial charge < -0.3 is 10.3 Å². The minimum Gasteiger partial charge on any atom is -0.382 e. The van der Waals surface area contributed by atoms with E-state index in [-0.39, 0.29) is 11.3 Å². The number of anilines is 1. The van der Waals surface area contributed by atoms with Crippen LogP contribution >= 0.6 is 11.9 Å². The van der Waals surface area contributed by atoms with Crippen molar-refractivity contribution in [1.82, 2.24) is 4.98 Å². The number of nitrogens with two attached hydrogens (primary N) is 1. The molecule has 0 spiro atoms. The maximum absolute atomic E-state index is 12.4. The summed E-state index contributed by atoms with van der Waals surface area (Å²) >= 11 is 1.16. The lowest BCUT2D eigenvalue weighted by Crippen LogP contribution is -2.27. The van der Waals surface area contributed by atoms with E-state index in [1.54, 1.807) is 6.20 Å². The van der Waals surface area contributed by atoms with Crippen molar-refractivity contribution >= 4 is 23.3 Å². The number of hydrogen-bond donors (Lipinski definition) is 4. The third kappa shape index (κ3) is 3.71. The fourth-order valence-electron chi connectivity index (χ4n) is 3.16. The Balaban J connectivity index is 1.90. The van der Waals surface area contributed by atoms with Gasteiger partial charge in [0.05, 0.1) is 17.0 Å². The van der Waals surface area contributed by atoms with Gasteiger partial charge >= 0.3 is 0 Å². The van der Waals surface area contributed by atoms with Gasteiger partial charge in [-0.3, -0.25) is 15.3 Å². The van der Waals surface area contributed by atoms with Gasteiger partial charge in [-0.25, -0.2) is 0 Å². The summed E-state index contributed by atoms with van der Waals surface area (Å²) < 4.78 is 0. The predicted molar refractivity (Wildman–Crippen MR) is 100.0 cm³/mol. The Labute approximate surface area is 145 Å². The van der Waals surface area contributed by atoms with Crippen LogP contribution in [0.1, 0.15) is 43.2 Å². The number of aromatic nitrogens is 1. The highest BCUT2D eigenvalue weighted by molar-refractivity contribution is 7.97. The Morgan fingerprint density at radius 3 is 2.54 bits per heavy atom. The van der Waals surface area contributed by atoms with Crippen molar-refractivity contribution in [3.8, 4) is 0 Å². The van der Waals surface area contributed by atoms with Crippen molar-refractivity contribution in [2.24, 2.45) is 5.14 Å². The molecule has 6 heteroatoms. The van der Waals surface area contributed by atoms with Gasteiger partial charge in [0.15, 0.2) is 0 Å². The maximum atomic E-state index is 12.4. The molecule has 1 fully saturated rings. The molecule has 0 atom stereocenters. The zero-order valence-electron chi connectivity index (χ0n) is 13.5. The van der Waals surface area contributed by atoms with Crippen LogP contribution in [-0.2, 0) is 0 Å². The molecule has 1 saturated carbocycles. The topological polar surface area (TPSA) is 94.8 Å². The zero-order valence-corrected chi connectivity index (χ0v) is 14.3. The molecule has 3 rings (SSSR count). The van der Waals surface area contributed by atoms with Gasteiger partial charge in [-0.2, -0.15) is 0 Å².